The van der Waals surface area contributed by atoms with E-state index in [1.165, 1.54) is 109 Å². The van der Waals surface area contributed by atoms with Crippen LogP contribution in [0.15, 0.2) is 0 Å². The summed E-state index contributed by atoms with van der Waals surface area (Å²) in [5, 5.41) is 9.81. The highest BCUT2D eigenvalue weighted by Gasteiger charge is 2.18. The maximum absolute atomic E-state index is 9.81. The predicted molar refractivity (Wildman–Crippen MR) is 124 cm³/mol. The molecule has 0 aromatic heterocycles. The Hall–Kier alpha value is -0.0800. The van der Waals surface area contributed by atoms with Gasteiger partial charge in [-0.15, -0.1) is 0 Å². The molecule has 0 saturated carbocycles. The van der Waals surface area contributed by atoms with Gasteiger partial charge in [-0.3, -0.25) is 0 Å². The molecule has 27 heavy (non-hydrogen) atoms. The zero-order valence-electron chi connectivity index (χ0n) is 19.9. The second-order valence-corrected chi connectivity index (χ2v) is 9.21. The van der Waals surface area contributed by atoms with E-state index >= 15 is 0 Å². The van der Waals surface area contributed by atoms with Crippen LogP contribution in [0.2, 0.25) is 0 Å². The van der Waals surface area contributed by atoms with Crippen molar-refractivity contribution in [3.8, 4) is 0 Å². The van der Waals surface area contributed by atoms with Crippen LogP contribution in [0.3, 0.4) is 0 Å². The minimum atomic E-state index is -0.133. The number of nitrogens with zero attached hydrogens (tertiary/aromatic N) is 1. The van der Waals surface area contributed by atoms with Crippen molar-refractivity contribution in [3.05, 3.63) is 7.43 Å². The van der Waals surface area contributed by atoms with Crippen LogP contribution in [-0.4, -0.2) is 42.9 Å². The third-order valence-corrected chi connectivity index (χ3v) is 5.79. The van der Waals surface area contributed by atoms with Gasteiger partial charge in [0.15, 0.2) is 0 Å². The van der Waals surface area contributed by atoms with E-state index in [4.69, 9.17) is 0 Å². The molecule has 0 aliphatic heterocycles. The van der Waals surface area contributed by atoms with E-state index in [1.807, 2.05) is 0 Å². The molecule has 1 unspecified atom stereocenters. The number of aliphatic hydroxyl groups excluding tert-OH is 1. The highest BCUT2D eigenvalue weighted by molar-refractivity contribution is 4.52. The van der Waals surface area contributed by atoms with Crippen molar-refractivity contribution < 1.29 is 9.59 Å². The lowest BCUT2D eigenvalue weighted by Crippen LogP contribution is -2.45. The van der Waals surface area contributed by atoms with E-state index in [-0.39, 0.29) is 13.5 Å². The zero-order valence-corrected chi connectivity index (χ0v) is 19.9. The van der Waals surface area contributed by atoms with Crippen LogP contribution in [0.4, 0.5) is 0 Å². The fourth-order valence-electron chi connectivity index (χ4n) is 3.88. The number of unbranched alkanes of at least 4 members (excludes halogenated alkanes) is 15. The fraction of sp³-hybridized carbons (Fsp3) is 0.960. The molecule has 2 nitrogen and oxygen atoms in total. The summed E-state index contributed by atoms with van der Waals surface area (Å²) in [7, 11) is 4.51. The van der Waals surface area contributed by atoms with Crippen LogP contribution in [0.1, 0.15) is 123 Å². The van der Waals surface area contributed by atoms with E-state index in [9.17, 15) is 5.11 Å². The summed E-state index contributed by atoms with van der Waals surface area (Å²) < 4.78 is 0.966. The van der Waals surface area contributed by atoms with Gasteiger partial charge < -0.3 is 17.0 Å². The summed E-state index contributed by atoms with van der Waals surface area (Å²) in [5.74, 6) is 0. The average Bonchev–Trinajstić information content (AvgIpc) is 2.60. The molecule has 0 aliphatic carbocycles. The van der Waals surface area contributed by atoms with E-state index in [1.54, 1.807) is 0 Å². The van der Waals surface area contributed by atoms with Crippen molar-refractivity contribution in [1.29, 1.82) is 0 Å². The Morgan fingerprint density at radius 3 is 1.26 bits per heavy atom. The molecular formula is C25H55NO. The van der Waals surface area contributed by atoms with Crippen LogP contribution in [0.25, 0.3) is 0 Å². The third kappa shape index (κ3) is 22.1. The minimum Gasteiger partial charge on any atom is -0.387 e. The molecule has 0 heterocycles. The number of aliphatic hydroxyl groups is 1. The highest BCUT2D eigenvalue weighted by Crippen LogP contribution is 2.14. The summed E-state index contributed by atoms with van der Waals surface area (Å²) in [6.45, 7) is 6.46. The highest BCUT2D eigenvalue weighted by atomic mass is 16.3. The summed E-state index contributed by atoms with van der Waals surface area (Å²) in [6, 6.07) is 0. The quantitative estimate of drug-likeness (QED) is 0.130. The molecule has 0 spiro atoms. The lowest BCUT2D eigenvalue weighted by Gasteiger charge is -2.31. The molecule has 0 saturated heterocycles. The largest absolute Gasteiger partial charge is 0.387 e. The summed E-state index contributed by atoms with van der Waals surface area (Å²) >= 11 is 0. The Balaban J connectivity index is 0. The Bertz CT molecular complexity index is 277. The van der Waals surface area contributed by atoms with Crippen molar-refractivity contribution in [1.82, 2.24) is 0 Å². The Kier molecular flexibility index (Phi) is 22.3. The molecule has 0 fully saturated rings. The number of hydrogen-bond donors (Lipinski definition) is 1. The van der Waals surface area contributed by atoms with Crippen molar-refractivity contribution in [2.24, 2.45) is 0 Å². The van der Waals surface area contributed by atoms with Gasteiger partial charge in [0, 0.05) is 0 Å². The van der Waals surface area contributed by atoms with Crippen molar-refractivity contribution in [2.75, 3.05) is 27.2 Å². The van der Waals surface area contributed by atoms with Crippen LogP contribution >= 0.6 is 0 Å². The second-order valence-electron chi connectivity index (χ2n) is 9.21. The summed E-state index contributed by atoms with van der Waals surface area (Å²) in [6.07, 6.45) is 23.6. The molecule has 0 radical (unpaired) electrons. The first-order valence-electron chi connectivity index (χ1n) is 12.0. The summed E-state index contributed by atoms with van der Waals surface area (Å²) in [5.41, 5.74) is 0. The van der Waals surface area contributed by atoms with Gasteiger partial charge >= 0.3 is 0 Å². The summed E-state index contributed by atoms with van der Waals surface area (Å²) in [4.78, 5) is 0. The van der Waals surface area contributed by atoms with Crippen LogP contribution in [0.5, 0.6) is 0 Å². The molecule has 0 amide bonds. The molecule has 166 valence electrons. The lowest BCUT2D eigenvalue weighted by molar-refractivity contribution is -0.893. The smallest absolute Gasteiger partial charge is 0.105 e. The van der Waals surface area contributed by atoms with Gasteiger partial charge in [-0.05, 0) is 19.3 Å². The molecule has 0 bridgehead atoms. The first kappa shape index (κ1) is 29.1. The molecule has 0 aromatic rings. The average molecular weight is 386 g/mol. The van der Waals surface area contributed by atoms with Crippen LogP contribution in [0, 0.1) is 7.43 Å². The molecule has 0 rings (SSSR count). The van der Waals surface area contributed by atoms with Gasteiger partial charge in [0.25, 0.3) is 0 Å². The predicted octanol–water partition coefficient (Wildman–Crippen LogP) is 7.55. The topological polar surface area (TPSA) is 20.2 Å². The Labute approximate surface area is 173 Å². The number of quaternary nitrogens is 1. The second kappa shape index (κ2) is 20.6. The lowest BCUT2D eigenvalue weighted by atomic mass is 10.0. The first-order chi connectivity index (χ1) is 12.5. The van der Waals surface area contributed by atoms with Gasteiger partial charge in [0.05, 0.1) is 20.6 Å². The minimum absolute atomic E-state index is 0. The molecule has 0 aliphatic rings. The number of rotatable bonds is 20. The normalized spacial score (nSPS) is 12.8. The SMILES string of the molecule is CCCCCCCCCCCCCCCCCC[N+](C)(C)CC(O)CC.[CH3-]. The first-order valence-corrected chi connectivity index (χ1v) is 12.0. The molecule has 1 atom stereocenters. The fourth-order valence-corrected chi connectivity index (χ4v) is 3.88. The number of likely N-dealkylation sites (N-methyl/N-ethyl adjacent to an activating group) is 1. The zero-order chi connectivity index (χ0) is 19.5. The van der Waals surface area contributed by atoms with Gasteiger partial charge in [0.1, 0.15) is 12.6 Å². The van der Waals surface area contributed by atoms with Gasteiger partial charge in [0.2, 0.25) is 0 Å². The molecular weight excluding hydrogens is 330 g/mol. The Morgan fingerprint density at radius 2 is 0.926 bits per heavy atom. The molecule has 2 heteroatoms. The van der Waals surface area contributed by atoms with E-state index in [0.29, 0.717) is 0 Å². The monoisotopic (exact) mass is 385 g/mol. The van der Waals surface area contributed by atoms with E-state index in [0.717, 1.165) is 17.4 Å². The van der Waals surface area contributed by atoms with Crippen molar-refractivity contribution >= 4 is 0 Å². The van der Waals surface area contributed by atoms with Gasteiger partial charge in [-0.25, -0.2) is 0 Å². The number of hydrogen-bond acceptors (Lipinski definition) is 1. The molecule has 1 N–H and O–H groups in total. The third-order valence-electron chi connectivity index (χ3n) is 5.79. The van der Waals surface area contributed by atoms with Crippen LogP contribution in [-0.2, 0) is 0 Å². The maximum Gasteiger partial charge on any atom is 0.105 e. The van der Waals surface area contributed by atoms with Crippen molar-refractivity contribution in [3.63, 3.8) is 0 Å². The van der Waals surface area contributed by atoms with E-state index < -0.39 is 0 Å². The van der Waals surface area contributed by atoms with Crippen molar-refractivity contribution in [2.45, 2.75) is 129 Å². The standard InChI is InChI=1S/C24H52NO.CH3/c1-5-7-8-9-10-11-12-13-14-15-16-17-18-19-20-21-22-25(3,4)23-24(26)6-2;/h24,26H,5-23H2,1-4H3;1H3/q+1;-1. The maximum atomic E-state index is 9.81. The van der Waals surface area contributed by atoms with Gasteiger partial charge in [-0.2, -0.15) is 0 Å². The van der Waals surface area contributed by atoms with E-state index in [2.05, 4.69) is 27.9 Å². The van der Waals surface area contributed by atoms with Gasteiger partial charge in [-0.1, -0.05) is 104 Å². The van der Waals surface area contributed by atoms with Crippen LogP contribution < -0.4 is 0 Å². The Morgan fingerprint density at radius 1 is 0.593 bits per heavy atom. The molecule has 0 aromatic carbocycles.